The lowest BCUT2D eigenvalue weighted by molar-refractivity contribution is 0.171. The van der Waals surface area contributed by atoms with Gasteiger partial charge in [0, 0.05) is 18.3 Å². The number of anilines is 3. The van der Waals surface area contributed by atoms with Crippen molar-refractivity contribution >= 4 is 17.5 Å². The van der Waals surface area contributed by atoms with Crippen molar-refractivity contribution in [2.45, 2.75) is 6.42 Å². The molecule has 4 rings (SSSR count). The lowest BCUT2D eigenvalue weighted by atomic mass is 10.1. The zero-order valence-electron chi connectivity index (χ0n) is 14.6. The number of hydrogen-bond donors (Lipinski definition) is 2. The van der Waals surface area contributed by atoms with E-state index in [9.17, 15) is 4.39 Å². The van der Waals surface area contributed by atoms with E-state index in [2.05, 4.69) is 32.7 Å². The number of aromatic nitrogens is 2. The Bertz CT molecular complexity index is 921. The maximum Gasteiger partial charge on any atom is 0.224 e. The lowest BCUT2D eigenvalue weighted by Crippen LogP contribution is -2.15. The van der Waals surface area contributed by atoms with E-state index >= 15 is 0 Å². The molecule has 138 valence electrons. The summed E-state index contributed by atoms with van der Waals surface area (Å²) in [6, 6.07) is 15.4. The van der Waals surface area contributed by atoms with Crippen LogP contribution in [-0.4, -0.2) is 29.7 Å². The van der Waals surface area contributed by atoms with E-state index < -0.39 is 5.82 Å². The number of hydrogen-bond acceptors (Lipinski definition) is 6. The van der Waals surface area contributed by atoms with E-state index in [0.29, 0.717) is 42.9 Å². The molecule has 0 saturated carbocycles. The van der Waals surface area contributed by atoms with Crippen LogP contribution in [0.15, 0.2) is 54.7 Å². The molecule has 0 saturated heterocycles. The number of benzene rings is 2. The standard InChI is InChI=1S/C20H19FN4O2/c21-16-13-23-20(22-9-8-14-4-2-1-3-5-14)25-19(16)24-15-6-7-17-18(12-15)27-11-10-26-17/h1-7,12-13H,8-11H2,(H2,22,23,24,25). The summed E-state index contributed by atoms with van der Waals surface area (Å²) in [5, 5.41) is 6.09. The van der Waals surface area contributed by atoms with Gasteiger partial charge in [0.25, 0.3) is 0 Å². The van der Waals surface area contributed by atoms with Crippen LogP contribution in [-0.2, 0) is 6.42 Å². The highest BCUT2D eigenvalue weighted by molar-refractivity contribution is 5.62. The normalized spacial score (nSPS) is 12.5. The first kappa shape index (κ1) is 17.1. The van der Waals surface area contributed by atoms with Crippen molar-refractivity contribution in [3.05, 3.63) is 66.1 Å². The van der Waals surface area contributed by atoms with Gasteiger partial charge in [-0.15, -0.1) is 0 Å². The molecule has 6 nitrogen and oxygen atoms in total. The maximum atomic E-state index is 14.1. The zero-order chi connectivity index (χ0) is 18.5. The van der Waals surface area contributed by atoms with Gasteiger partial charge in [-0.1, -0.05) is 30.3 Å². The summed E-state index contributed by atoms with van der Waals surface area (Å²) in [5.41, 5.74) is 1.87. The molecule has 1 aromatic heterocycles. The quantitative estimate of drug-likeness (QED) is 0.692. The van der Waals surface area contributed by atoms with Crippen LogP contribution >= 0.6 is 0 Å². The minimum absolute atomic E-state index is 0.101. The van der Waals surface area contributed by atoms with Gasteiger partial charge in [-0.3, -0.25) is 0 Å². The fourth-order valence-corrected chi connectivity index (χ4v) is 2.76. The van der Waals surface area contributed by atoms with Gasteiger partial charge in [-0.25, -0.2) is 9.37 Å². The monoisotopic (exact) mass is 366 g/mol. The van der Waals surface area contributed by atoms with Gasteiger partial charge in [0.05, 0.1) is 6.20 Å². The number of nitrogens with one attached hydrogen (secondary N) is 2. The molecule has 3 aromatic rings. The second-order valence-corrected chi connectivity index (χ2v) is 6.04. The first-order chi connectivity index (χ1) is 13.3. The Morgan fingerprint density at radius 3 is 2.67 bits per heavy atom. The Kier molecular flexibility index (Phi) is 5.00. The Labute approximate surface area is 156 Å². The minimum atomic E-state index is -0.529. The molecule has 0 unspecified atom stereocenters. The van der Waals surface area contributed by atoms with Gasteiger partial charge in [-0.2, -0.15) is 4.98 Å². The minimum Gasteiger partial charge on any atom is -0.486 e. The van der Waals surface area contributed by atoms with Gasteiger partial charge >= 0.3 is 0 Å². The third kappa shape index (κ3) is 4.25. The van der Waals surface area contributed by atoms with Crippen molar-refractivity contribution < 1.29 is 13.9 Å². The molecule has 2 aromatic carbocycles. The molecule has 27 heavy (non-hydrogen) atoms. The largest absolute Gasteiger partial charge is 0.486 e. The van der Waals surface area contributed by atoms with Crippen molar-refractivity contribution in [1.29, 1.82) is 0 Å². The van der Waals surface area contributed by atoms with Crippen LogP contribution in [0.25, 0.3) is 0 Å². The molecular weight excluding hydrogens is 347 g/mol. The van der Waals surface area contributed by atoms with Gasteiger partial charge in [0.15, 0.2) is 23.1 Å². The van der Waals surface area contributed by atoms with E-state index in [0.717, 1.165) is 12.6 Å². The fourth-order valence-electron chi connectivity index (χ4n) is 2.76. The van der Waals surface area contributed by atoms with Crippen molar-refractivity contribution in [2.75, 3.05) is 30.4 Å². The molecule has 0 atom stereocenters. The van der Waals surface area contributed by atoms with E-state index in [4.69, 9.17) is 9.47 Å². The predicted octanol–water partition coefficient (Wildman–Crippen LogP) is 3.79. The maximum absolute atomic E-state index is 14.1. The Morgan fingerprint density at radius 2 is 1.81 bits per heavy atom. The third-order valence-corrected chi connectivity index (χ3v) is 4.09. The molecule has 0 fully saturated rings. The second-order valence-electron chi connectivity index (χ2n) is 6.04. The molecule has 2 N–H and O–H groups in total. The Morgan fingerprint density at radius 1 is 1.00 bits per heavy atom. The fraction of sp³-hybridized carbons (Fsp3) is 0.200. The highest BCUT2D eigenvalue weighted by Crippen LogP contribution is 2.33. The molecule has 0 bridgehead atoms. The average Bonchev–Trinajstić information content (AvgIpc) is 2.71. The zero-order valence-corrected chi connectivity index (χ0v) is 14.6. The van der Waals surface area contributed by atoms with Crippen molar-refractivity contribution in [1.82, 2.24) is 9.97 Å². The number of fused-ring (bicyclic) bond motifs is 1. The third-order valence-electron chi connectivity index (χ3n) is 4.09. The smallest absolute Gasteiger partial charge is 0.224 e. The number of halogens is 1. The molecule has 1 aliphatic rings. The summed E-state index contributed by atoms with van der Waals surface area (Å²) >= 11 is 0. The molecule has 2 heterocycles. The topological polar surface area (TPSA) is 68.3 Å². The average molecular weight is 366 g/mol. The Balaban J connectivity index is 1.43. The SMILES string of the molecule is Fc1cnc(NCCc2ccccc2)nc1Nc1ccc2c(c1)OCCO2. The molecule has 1 aliphatic heterocycles. The first-order valence-corrected chi connectivity index (χ1v) is 8.75. The van der Waals surface area contributed by atoms with Crippen LogP contribution < -0.4 is 20.1 Å². The van der Waals surface area contributed by atoms with Crippen molar-refractivity contribution in [3.63, 3.8) is 0 Å². The lowest BCUT2D eigenvalue weighted by Gasteiger charge is -2.19. The molecule has 0 radical (unpaired) electrons. The van der Waals surface area contributed by atoms with Crippen LogP contribution in [0.5, 0.6) is 11.5 Å². The highest BCUT2D eigenvalue weighted by Gasteiger charge is 2.13. The van der Waals surface area contributed by atoms with E-state index in [1.165, 1.54) is 5.56 Å². The van der Waals surface area contributed by atoms with Crippen molar-refractivity contribution in [3.8, 4) is 11.5 Å². The highest BCUT2D eigenvalue weighted by atomic mass is 19.1. The summed E-state index contributed by atoms with van der Waals surface area (Å²) < 4.78 is 25.1. The number of ether oxygens (including phenoxy) is 2. The molecule has 0 amide bonds. The van der Waals surface area contributed by atoms with E-state index in [-0.39, 0.29) is 5.82 Å². The van der Waals surface area contributed by atoms with Gasteiger partial charge in [0.2, 0.25) is 5.95 Å². The molecule has 0 aliphatic carbocycles. The van der Waals surface area contributed by atoms with Crippen molar-refractivity contribution in [2.24, 2.45) is 0 Å². The number of nitrogens with zero attached hydrogens (tertiary/aromatic N) is 2. The molecule has 0 spiro atoms. The first-order valence-electron chi connectivity index (χ1n) is 8.75. The second kappa shape index (κ2) is 7.90. The van der Waals surface area contributed by atoms with Gasteiger partial charge in [-0.05, 0) is 24.1 Å². The summed E-state index contributed by atoms with van der Waals surface area (Å²) in [6.07, 6.45) is 1.98. The van der Waals surface area contributed by atoms with E-state index in [1.54, 1.807) is 18.2 Å². The van der Waals surface area contributed by atoms with Crippen LogP contribution in [0, 0.1) is 5.82 Å². The molecule has 7 heteroatoms. The van der Waals surface area contributed by atoms with Gasteiger partial charge < -0.3 is 20.1 Å². The number of rotatable bonds is 6. The van der Waals surface area contributed by atoms with Crippen LogP contribution in [0.4, 0.5) is 21.8 Å². The summed E-state index contributed by atoms with van der Waals surface area (Å²) in [5.74, 6) is 1.25. The summed E-state index contributed by atoms with van der Waals surface area (Å²) in [4.78, 5) is 8.23. The van der Waals surface area contributed by atoms with Crippen LogP contribution in [0.2, 0.25) is 0 Å². The molecular formula is C20H19FN4O2. The van der Waals surface area contributed by atoms with Crippen LogP contribution in [0.3, 0.4) is 0 Å². The Hall–Kier alpha value is -3.35. The van der Waals surface area contributed by atoms with Crippen LogP contribution in [0.1, 0.15) is 5.56 Å². The summed E-state index contributed by atoms with van der Waals surface area (Å²) in [6.45, 7) is 1.67. The summed E-state index contributed by atoms with van der Waals surface area (Å²) in [7, 11) is 0. The van der Waals surface area contributed by atoms with E-state index in [1.807, 2.05) is 18.2 Å². The predicted molar refractivity (Wildman–Crippen MR) is 101 cm³/mol. The van der Waals surface area contributed by atoms with Gasteiger partial charge in [0.1, 0.15) is 13.2 Å².